The van der Waals surface area contributed by atoms with Gasteiger partial charge in [-0.15, -0.1) is 0 Å². The summed E-state index contributed by atoms with van der Waals surface area (Å²) in [6, 6.07) is 7.54. The molecule has 20 heavy (non-hydrogen) atoms. The number of hydrogen-bond acceptors (Lipinski definition) is 3. The van der Waals surface area contributed by atoms with Gasteiger partial charge in [-0.2, -0.15) is 0 Å². The molecule has 1 saturated heterocycles. The van der Waals surface area contributed by atoms with Gasteiger partial charge in [0.1, 0.15) is 0 Å². The summed E-state index contributed by atoms with van der Waals surface area (Å²) in [6.45, 7) is 8.18. The van der Waals surface area contributed by atoms with E-state index in [0.29, 0.717) is 11.6 Å². The lowest BCUT2D eigenvalue weighted by molar-refractivity contribution is -0.132. The predicted octanol–water partition coefficient (Wildman–Crippen LogP) is 1.64. The SMILES string of the molecule is CC(C)(C(=O)NCc1ccc(Cl)cc1)N1CCNCC1. The topological polar surface area (TPSA) is 44.4 Å². The second-order valence-corrected chi connectivity index (χ2v) is 6.04. The van der Waals surface area contributed by atoms with Crippen LogP contribution < -0.4 is 10.6 Å². The van der Waals surface area contributed by atoms with Crippen molar-refractivity contribution < 1.29 is 4.79 Å². The minimum atomic E-state index is -0.478. The molecule has 1 aromatic rings. The van der Waals surface area contributed by atoms with Crippen LogP contribution in [0.3, 0.4) is 0 Å². The number of hydrogen-bond donors (Lipinski definition) is 2. The van der Waals surface area contributed by atoms with Gasteiger partial charge in [0.2, 0.25) is 5.91 Å². The lowest BCUT2D eigenvalue weighted by Crippen LogP contribution is -2.59. The molecule has 0 atom stereocenters. The Morgan fingerprint density at radius 3 is 2.50 bits per heavy atom. The maximum atomic E-state index is 12.4. The van der Waals surface area contributed by atoms with Gasteiger partial charge in [-0.1, -0.05) is 23.7 Å². The first-order valence-corrected chi connectivity index (χ1v) is 7.36. The molecule has 1 aliphatic heterocycles. The fourth-order valence-electron chi connectivity index (χ4n) is 2.37. The van der Waals surface area contributed by atoms with Gasteiger partial charge in [-0.25, -0.2) is 0 Å². The predicted molar refractivity (Wildman–Crippen MR) is 81.8 cm³/mol. The number of halogens is 1. The Hall–Kier alpha value is -1.10. The van der Waals surface area contributed by atoms with E-state index in [9.17, 15) is 4.79 Å². The van der Waals surface area contributed by atoms with E-state index in [0.717, 1.165) is 31.7 Å². The molecule has 4 nitrogen and oxygen atoms in total. The standard InChI is InChI=1S/C15H22ClN3O/c1-15(2,19-9-7-17-8-10-19)14(20)18-11-12-3-5-13(16)6-4-12/h3-6,17H,7-11H2,1-2H3,(H,18,20). The smallest absolute Gasteiger partial charge is 0.240 e. The van der Waals surface area contributed by atoms with E-state index in [4.69, 9.17) is 11.6 Å². The quantitative estimate of drug-likeness (QED) is 0.888. The average Bonchev–Trinajstić information content (AvgIpc) is 2.47. The van der Waals surface area contributed by atoms with Crippen molar-refractivity contribution in [3.8, 4) is 0 Å². The van der Waals surface area contributed by atoms with E-state index in [2.05, 4.69) is 15.5 Å². The van der Waals surface area contributed by atoms with E-state index in [1.165, 1.54) is 0 Å². The minimum absolute atomic E-state index is 0.0642. The third-order valence-corrected chi connectivity index (χ3v) is 4.08. The number of benzene rings is 1. The molecular formula is C15H22ClN3O. The average molecular weight is 296 g/mol. The summed E-state index contributed by atoms with van der Waals surface area (Å²) in [4.78, 5) is 14.6. The molecule has 0 unspecified atom stereocenters. The molecule has 5 heteroatoms. The zero-order valence-corrected chi connectivity index (χ0v) is 12.8. The number of carbonyl (C=O) groups is 1. The number of piperazine rings is 1. The lowest BCUT2D eigenvalue weighted by Gasteiger charge is -2.39. The zero-order valence-electron chi connectivity index (χ0n) is 12.1. The van der Waals surface area contributed by atoms with E-state index in [1.807, 2.05) is 38.1 Å². The summed E-state index contributed by atoms with van der Waals surface area (Å²) in [5, 5.41) is 7.02. The molecule has 0 bridgehead atoms. The Kier molecular flexibility index (Phi) is 5.02. The van der Waals surface area contributed by atoms with Crippen LogP contribution in [0.4, 0.5) is 0 Å². The molecule has 0 aromatic heterocycles. The van der Waals surface area contributed by atoms with Crippen LogP contribution in [0.1, 0.15) is 19.4 Å². The highest BCUT2D eigenvalue weighted by Gasteiger charge is 2.34. The summed E-state index contributed by atoms with van der Waals surface area (Å²) in [5.41, 5.74) is 0.577. The van der Waals surface area contributed by atoms with Gasteiger partial charge >= 0.3 is 0 Å². The molecular weight excluding hydrogens is 274 g/mol. The van der Waals surface area contributed by atoms with E-state index >= 15 is 0 Å². The first-order valence-electron chi connectivity index (χ1n) is 6.98. The van der Waals surface area contributed by atoms with Crippen LogP contribution in [0.2, 0.25) is 5.02 Å². The van der Waals surface area contributed by atoms with Crippen LogP contribution in [0.25, 0.3) is 0 Å². The molecule has 1 aromatic carbocycles. The molecule has 1 fully saturated rings. The Labute approximate surface area is 125 Å². The lowest BCUT2D eigenvalue weighted by atomic mass is 10.0. The molecule has 1 heterocycles. The van der Waals surface area contributed by atoms with Gasteiger partial charge in [-0.3, -0.25) is 9.69 Å². The van der Waals surface area contributed by atoms with Crippen LogP contribution in [0.5, 0.6) is 0 Å². The molecule has 0 radical (unpaired) electrons. The van der Waals surface area contributed by atoms with Crippen LogP contribution in [0, 0.1) is 0 Å². The molecule has 1 aliphatic rings. The molecule has 2 rings (SSSR count). The Morgan fingerprint density at radius 2 is 1.90 bits per heavy atom. The summed E-state index contributed by atoms with van der Waals surface area (Å²) >= 11 is 5.85. The normalized spacial score (nSPS) is 16.9. The largest absolute Gasteiger partial charge is 0.350 e. The summed E-state index contributed by atoms with van der Waals surface area (Å²) < 4.78 is 0. The maximum absolute atomic E-state index is 12.4. The van der Waals surface area contributed by atoms with Crippen molar-refractivity contribution in [2.75, 3.05) is 26.2 Å². The van der Waals surface area contributed by atoms with Crippen LogP contribution >= 0.6 is 11.6 Å². The molecule has 0 aliphatic carbocycles. The first kappa shape index (κ1) is 15.3. The molecule has 1 amide bonds. The van der Waals surface area contributed by atoms with Crippen LogP contribution in [-0.4, -0.2) is 42.5 Å². The monoisotopic (exact) mass is 295 g/mol. The van der Waals surface area contributed by atoms with Crippen molar-refractivity contribution in [1.29, 1.82) is 0 Å². The van der Waals surface area contributed by atoms with Crippen molar-refractivity contribution >= 4 is 17.5 Å². The maximum Gasteiger partial charge on any atom is 0.240 e. The van der Waals surface area contributed by atoms with Gasteiger partial charge < -0.3 is 10.6 Å². The van der Waals surface area contributed by atoms with Crippen molar-refractivity contribution in [3.63, 3.8) is 0 Å². The van der Waals surface area contributed by atoms with Gasteiger partial charge in [0.05, 0.1) is 5.54 Å². The molecule has 0 spiro atoms. The Morgan fingerprint density at radius 1 is 1.30 bits per heavy atom. The van der Waals surface area contributed by atoms with Gasteiger partial charge in [0.15, 0.2) is 0 Å². The molecule has 2 N–H and O–H groups in total. The summed E-state index contributed by atoms with van der Waals surface area (Å²) in [5.74, 6) is 0.0642. The number of nitrogens with zero attached hydrogens (tertiary/aromatic N) is 1. The highest BCUT2D eigenvalue weighted by atomic mass is 35.5. The number of amides is 1. The second-order valence-electron chi connectivity index (χ2n) is 5.61. The Balaban J connectivity index is 1.91. The summed E-state index contributed by atoms with van der Waals surface area (Å²) in [7, 11) is 0. The third kappa shape index (κ3) is 3.72. The number of rotatable bonds is 4. The molecule has 0 saturated carbocycles. The summed E-state index contributed by atoms with van der Waals surface area (Å²) in [6.07, 6.45) is 0. The van der Waals surface area contributed by atoms with Crippen molar-refractivity contribution in [1.82, 2.24) is 15.5 Å². The third-order valence-electron chi connectivity index (χ3n) is 3.83. The van der Waals surface area contributed by atoms with Gasteiger partial charge in [0, 0.05) is 37.7 Å². The Bertz CT molecular complexity index is 453. The fraction of sp³-hybridized carbons (Fsp3) is 0.533. The van der Waals surface area contributed by atoms with Gasteiger partial charge in [-0.05, 0) is 31.5 Å². The second kappa shape index (κ2) is 6.57. The number of nitrogens with one attached hydrogen (secondary N) is 2. The van der Waals surface area contributed by atoms with Crippen LogP contribution in [-0.2, 0) is 11.3 Å². The van der Waals surface area contributed by atoms with Gasteiger partial charge in [0.25, 0.3) is 0 Å². The molecule has 110 valence electrons. The highest BCUT2D eigenvalue weighted by molar-refractivity contribution is 6.30. The number of carbonyl (C=O) groups excluding carboxylic acids is 1. The van der Waals surface area contributed by atoms with Crippen molar-refractivity contribution in [2.45, 2.75) is 25.9 Å². The minimum Gasteiger partial charge on any atom is -0.350 e. The van der Waals surface area contributed by atoms with E-state index < -0.39 is 5.54 Å². The van der Waals surface area contributed by atoms with Crippen molar-refractivity contribution in [3.05, 3.63) is 34.9 Å². The van der Waals surface area contributed by atoms with E-state index in [1.54, 1.807) is 0 Å². The first-order chi connectivity index (χ1) is 9.50. The van der Waals surface area contributed by atoms with Crippen LogP contribution in [0.15, 0.2) is 24.3 Å². The highest BCUT2D eigenvalue weighted by Crippen LogP contribution is 2.16. The fourth-order valence-corrected chi connectivity index (χ4v) is 2.49. The zero-order chi connectivity index (χ0) is 14.6. The van der Waals surface area contributed by atoms with E-state index in [-0.39, 0.29) is 5.91 Å². The van der Waals surface area contributed by atoms with Crippen molar-refractivity contribution in [2.24, 2.45) is 0 Å².